The van der Waals surface area contributed by atoms with Crippen molar-refractivity contribution in [3.63, 3.8) is 0 Å². The summed E-state index contributed by atoms with van der Waals surface area (Å²) in [7, 11) is 3.25. The molecule has 6 heteroatoms. The van der Waals surface area contributed by atoms with Gasteiger partial charge in [0.25, 0.3) is 5.91 Å². The van der Waals surface area contributed by atoms with Gasteiger partial charge in [0.2, 0.25) is 0 Å². The van der Waals surface area contributed by atoms with Gasteiger partial charge in [-0.1, -0.05) is 31.2 Å². The molecule has 4 rings (SSSR count). The molecule has 1 aliphatic rings. The predicted molar refractivity (Wildman–Crippen MR) is 122 cm³/mol. The number of hydrogen-bond donors (Lipinski definition) is 1. The number of methoxy groups -OCH3 is 2. The van der Waals surface area contributed by atoms with E-state index in [1.54, 1.807) is 14.2 Å². The fraction of sp³-hybridized carbons (Fsp3) is 0.360. The van der Waals surface area contributed by atoms with E-state index in [0.29, 0.717) is 24.5 Å². The molecule has 2 heterocycles. The zero-order valence-corrected chi connectivity index (χ0v) is 18.4. The quantitative estimate of drug-likeness (QED) is 0.634. The molecular weight excluding hydrogens is 390 g/mol. The van der Waals surface area contributed by atoms with Crippen LogP contribution in [0.2, 0.25) is 0 Å². The largest absolute Gasteiger partial charge is 0.493 e. The highest BCUT2D eigenvalue weighted by atomic mass is 16.5. The average Bonchev–Trinajstić information content (AvgIpc) is 2.81. The summed E-state index contributed by atoms with van der Waals surface area (Å²) in [5, 5.41) is 4.05. The van der Waals surface area contributed by atoms with Crippen LogP contribution < -0.4 is 14.8 Å². The van der Waals surface area contributed by atoms with Crippen LogP contribution in [0, 0.1) is 0 Å². The fourth-order valence-electron chi connectivity index (χ4n) is 4.22. The summed E-state index contributed by atoms with van der Waals surface area (Å²) in [5.41, 5.74) is 4.85. The lowest BCUT2D eigenvalue weighted by Gasteiger charge is -2.29. The van der Waals surface area contributed by atoms with Gasteiger partial charge in [0.1, 0.15) is 0 Å². The number of hydrogen-bond acceptors (Lipinski definition) is 5. The molecule has 3 aromatic rings. The Labute approximate surface area is 183 Å². The topological polar surface area (TPSA) is 63.7 Å². The van der Waals surface area contributed by atoms with Crippen molar-refractivity contribution in [2.75, 3.05) is 33.9 Å². The average molecular weight is 420 g/mol. The molecule has 31 heavy (non-hydrogen) atoms. The second-order valence-electron chi connectivity index (χ2n) is 7.74. The van der Waals surface area contributed by atoms with E-state index >= 15 is 0 Å². The molecule has 0 saturated heterocycles. The molecule has 0 aliphatic carbocycles. The van der Waals surface area contributed by atoms with Crippen molar-refractivity contribution < 1.29 is 14.3 Å². The third kappa shape index (κ3) is 4.35. The summed E-state index contributed by atoms with van der Waals surface area (Å²) < 4.78 is 10.7. The normalized spacial score (nSPS) is 13.6. The van der Waals surface area contributed by atoms with E-state index < -0.39 is 0 Å². The summed E-state index contributed by atoms with van der Waals surface area (Å²) in [6.45, 7) is 5.41. The number of nitrogens with one attached hydrogen (secondary N) is 1. The van der Waals surface area contributed by atoms with Crippen molar-refractivity contribution >= 4 is 16.8 Å². The molecule has 0 unspecified atom stereocenters. The number of carbonyl (C=O) groups is 1. The Kier molecular flexibility index (Phi) is 6.37. The first-order valence-electron chi connectivity index (χ1n) is 10.8. The minimum Gasteiger partial charge on any atom is -0.493 e. The Morgan fingerprint density at radius 1 is 1.13 bits per heavy atom. The van der Waals surface area contributed by atoms with Gasteiger partial charge in [-0.2, -0.15) is 0 Å². The highest BCUT2D eigenvalue weighted by molar-refractivity contribution is 6.07. The molecule has 2 aromatic carbocycles. The Morgan fingerprint density at radius 2 is 1.94 bits per heavy atom. The molecule has 1 aromatic heterocycles. The van der Waals surface area contributed by atoms with Crippen molar-refractivity contribution in [1.82, 2.24) is 15.2 Å². The van der Waals surface area contributed by atoms with Gasteiger partial charge < -0.3 is 14.8 Å². The van der Waals surface area contributed by atoms with Crippen LogP contribution in [0.3, 0.4) is 0 Å². The molecule has 0 atom stereocenters. The van der Waals surface area contributed by atoms with Crippen molar-refractivity contribution in [1.29, 1.82) is 0 Å². The number of carbonyl (C=O) groups excluding carboxylic acids is 1. The Morgan fingerprint density at radius 3 is 2.71 bits per heavy atom. The highest BCUT2D eigenvalue weighted by Crippen LogP contribution is 2.29. The van der Waals surface area contributed by atoms with Gasteiger partial charge >= 0.3 is 0 Å². The molecule has 0 radical (unpaired) electrons. The zero-order valence-electron chi connectivity index (χ0n) is 18.4. The molecular formula is C25H29N3O3. The zero-order chi connectivity index (χ0) is 21.8. The predicted octanol–water partition coefficient (Wildman–Crippen LogP) is 3.60. The number of likely N-dealkylation sites (N-methyl/N-ethyl adjacent to an activating group) is 1. The fourth-order valence-corrected chi connectivity index (χ4v) is 4.22. The SMILES string of the molecule is CCN1CCc2nc3ccccc3c(C(=O)NCCc3ccc(OC)c(OC)c3)c2C1. The molecule has 162 valence electrons. The minimum absolute atomic E-state index is 0.0340. The smallest absolute Gasteiger partial charge is 0.252 e. The van der Waals surface area contributed by atoms with E-state index in [-0.39, 0.29) is 5.91 Å². The van der Waals surface area contributed by atoms with E-state index in [2.05, 4.69) is 17.1 Å². The number of fused-ring (bicyclic) bond motifs is 2. The third-order valence-corrected chi connectivity index (χ3v) is 5.95. The maximum atomic E-state index is 13.3. The first-order chi connectivity index (χ1) is 15.1. The van der Waals surface area contributed by atoms with Crippen LogP contribution in [0.5, 0.6) is 11.5 Å². The summed E-state index contributed by atoms with van der Waals surface area (Å²) in [5.74, 6) is 1.36. The van der Waals surface area contributed by atoms with Gasteiger partial charge in [-0.15, -0.1) is 0 Å². The van der Waals surface area contributed by atoms with Crippen LogP contribution in [0.4, 0.5) is 0 Å². The van der Waals surface area contributed by atoms with E-state index in [9.17, 15) is 4.79 Å². The van der Waals surface area contributed by atoms with Gasteiger partial charge in [-0.3, -0.25) is 14.7 Å². The second kappa shape index (κ2) is 9.35. The third-order valence-electron chi connectivity index (χ3n) is 5.95. The maximum Gasteiger partial charge on any atom is 0.252 e. The lowest BCUT2D eigenvalue weighted by Crippen LogP contribution is -2.34. The van der Waals surface area contributed by atoms with E-state index in [1.165, 1.54) is 0 Å². The van der Waals surface area contributed by atoms with Crippen molar-refractivity contribution in [2.24, 2.45) is 0 Å². The van der Waals surface area contributed by atoms with Crippen molar-refractivity contribution in [3.05, 3.63) is 64.8 Å². The van der Waals surface area contributed by atoms with Crippen molar-refractivity contribution in [3.8, 4) is 11.5 Å². The van der Waals surface area contributed by atoms with Crippen LogP contribution in [0.15, 0.2) is 42.5 Å². The summed E-state index contributed by atoms with van der Waals surface area (Å²) in [4.78, 5) is 20.6. The van der Waals surface area contributed by atoms with E-state index in [1.807, 2.05) is 42.5 Å². The molecule has 0 saturated carbocycles. The number of ether oxygens (including phenoxy) is 2. The lowest BCUT2D eigenvalue weighted by molar-refractivity contribution is 0.0953. The Balaban J connectivity index is 1.56. The van der Waals surface area contributed by atoms with Gasteiger partial charge in [0.15, 0.2) is 11.5 Å². The lowest BCUT2D eigenvalue weighted by atomic mass is 9.95. The number of rotatable bonds is 7. The summed E-state index contributed by atoms with van der Waals surface area (Å²) in [6.07, 6.45) is 1.58. The van der Waals surface area contributed by atoms with Gasteiger partial charge in [-0.05, 0) is 36.7 Å². The monoisotopic (exact) mass is 419 g/mol. The number of pyridine rings is 1. The van der Waals surface area contributed by atoms with E-state index in [4.69, 9.17) is 14.5 Å². The molecule has 1 N–H and O–H groups in total. The van der Waals surface area contributed by atoms with Gasteiger partial charge in [-0.25, -0.2) is 0 Å². The van der Waals surface area contributed by atoms with Crippen LogP contribution >= 0.6 is 0 Å². The second-order valence-corrected chi connectivity index (χ2v) is 7.74. The standard InChI is InChI=1S/C25H29N3O3/c1-4-28-14-12-21-19(16-28)24(18-7-5-6-8-20(18)27-21)25(29)26-13-11-17-9-10-22(30-2)23(15-17)31-3/h5-10,15H,4,11-14,16H2,1-3H3,(H,26,29). The number of nitrogens with zero attached hydrogens (tertiary/aromatic N) is 2. The first-order valence-corrected chi connectivity index (χ1v) is 10.8. The molecule has 1 aliphatic heterocycles. The van der Waals surface area contributed by atoms with Crippen LogP contribution in [-0.4, -0.2) is 49.6 Å². The number of para-hydroxylation sites is 1. The van der Waals surface area contributed by atoms with Crippen molar-refractivity contribution in [2.45, 2.75) is 26.3 Å². The Hall–Kier alpha value is -3.12. The van der Waals surface area contributed by atoms with Crippen LogP contribution in [0.25, 0.3) is 10.9 Å². The minimum atomic E-state index is -0.0340. The maximum absolute atomic E-state index is 13.3. The highest BCUT2D eigenvalue weighted by Gasteiger charge is 2.25. The summed E-state index contributed by atoms with van der Waals surface area (Å²) in [6, 6.07) is 13.8. The van der Waals surface area contributed by atoms with E-state index in [0.717, 1.165) is 59.3 Å². The molecule has 0 fully saturated rings. The summed E-state index contributed by atoms with van der Waals surface area (Å²) >= 11 is 0. The Bertz CT molecular complexity index is 1100. The molecule has 0 spiro atoms. The van der Waals surface area contributed by atoms with Gasteiger partial charge in [0.05, 0.1) is 25.3 Å². The molecule has 1 amide bonds. The van der Waals surface area contributed by atoms with Crippen LogP contribution in [-0.2, 0) is 19.4 Å². The number of benzene rings is 2. The number of aromatic nitrogens is 1. The number of amides is 1. The van der Waals surface area contributed by atoms with Gasteiger partial charge in [0, 0.05) is 42.7 Å². The molecule has 6 nitrogen and oxygen atoms in total. The molecule has 0 bridgehead atoms. The van der Waals surface area contributed by atoms with Crippen LogP contribution in [0.1, 0.15) is 34.1 Å². The first kappa shape index (κ1) is 21.1.